The molecule has 0 spiro atoms. The van der Waals surface area contributed by atoms with Crippen LogP contribution in [-0.2, 0) is 9.16 Å². The van der Waals surface area contributed by atoms with Crippen LogP contribution in [-0.4, -0.2) is 39.1 Å². The lowest BCUT2D eigenvalue weighted by Crippen LogP contribution is -2.41. The smallest absolute Gasteiger partial charge is 0.343 e. The van der Waals surface area contributed by atoms with E-state index in [9.17, 15) is 4.79 Å². The first kappa shape index (κ1) is 20.9. The van der Waals surface area contributed by atoms with Crippen LogP contribution in [0.5, 0.6) is 5.75 Å². The average Bonchev–Trinajstić information content (AvgIpc) is 2.45. The highest BCUT2D eigenvalue weighted by Gasteiger charge is 2.37. The maximum Gasteiger partial charge on any atom is 0.343 e. The van der Waals surface area contributed by atoms with Gasteiger partial charge in [-0.1, -0.05) is 32.4 Å². The second-order valence-corrected chi connectivity index (χ2v) is 12.5. The van der Waals surface area contributed by atoms with Gasteiger partial charge in [0.05, 0.1) is 13.2 Å². The summed E-state index contributed by atoms with van der Waals surface area (Å²) in [6.07, 6.45) is 1.95. The van der Waals surface area contributed by atoms with Crippen LogP contribution in [0.4, 0.5) is 0 Å². The first-order valence-electron chi connectivity index (χ1n) is 8.02. The van der Waals surface area contributed by atoms with E-state index < -0.39 is 14.3 Å². The molecule has 1 aromatic heterocycles. The third kappa shape index (κ3) is 5.75. The Morgan fingerprint density at radius 1 is 1.38 bits per heavy atom. The molecule has 0 bridgehead atoms. The summed E-state index contributed by atoms with van der Waals surface area (Å²) >= 11 is 5.90. The molecule has 0 aliphatic rings. The van der Waals surface area contributed by atoms with E-state index in [0.29, 0.717) is 18.8 Å². The lowest BCUT2D eigenvalue weighted by Gasteiger charge is -2.36. The van der Waals surface area contributed by atoms with Crippen molar-refractivity contribution in [3.63, 3.8) is 0 Å². The number of halogens is 1. The molecular formula is C17H28ClNO4Si. The van der Waals surface area contributed by atoms with Crippen LogP contribution in [0.2, 0.25) is 23.3 Å². The van der Waals surface area contributed by atoms with Crippen LogP contribution < -0.4 is 4.74 Å². The second-order valence-electron chi connectivity index (χ2n) is 7.32. The standard InChI is InChI=1S/C17H28ClNO4Si/c1-12(8-9-22-24(6,7)17(2,3)4)23-14-10-15(18)19-11-13(14)16(20)21-5/h10-12H,8-9H2,1-7H3/t12-/m0/s1. The SMILES string of the molecule is COC(=O)c1cnc(Cl)cc1O[C@@H](C)CCO[Si](C)(C)C(C)(C)C. The van der Waals surface area contributed by atoms with Gasteiger partial charge in [0, 0.05) is 25.3 Å². The van der Waals surface area contributed by atoms with E-state index >= 15 is 0 Å². The van der Waals surface area contributed by atoms with Gasteiger partial charge in [0.25, 0.3) is 0 Å². The Morgan fingerprint density at radius 3 is 2.54 bits per heavy atom. The van der Waals surface area contributed by atoms with E-state index in [1.807, 2.05) is 6.92 Å². The number of esters is 1. The molecule has 0 saturated heterocycles. The number of hydrogen-bond acceptors (Lipinski definition) is 5. The molecule has 0 aromatic carbocycles. The molecule has 1 atom stereocenters. The predicted molar refractivity (Wildman–Crippen MR) is 98.4 cm³/mol. The number of rotatable bonds is 7. The van der Waals surface area contributed by atoms with Crippen LogP contribution >= 0.6 is 11.6 Å². The Bertz CT molecular complexity index is 572. The highest BCUT2D eigenvalue weighted by molar-refractivity contribution is 6.74. The van der Waals surface area contributed by atoms with Crippen molar-refractivity contribution in [2.75, 3.05) is 13.7 Å². The van der Waals surface area contributed by atoms with Crippen LogP contribution in [0.1, 0.15) is 44.5 Å². The molecule has 0 aliphatic carbocycles. The lowest BCUT2D eigenvalue weighted by atomic mass is 10.2. The summed E-state index contributed by atoms with van der Waals surface area (Å²) in [6.45, 7) is 13.6. The Morgan fingerprint density at radius 2 is 2.00 bits per heavy atom. The maximum absolute atomic E-state index is 11.8. The summed E-state index contributed by atoms with van der Waals surface area (Å²) in [6, 6.07) is 1.53. The Balaban J connectivity index is 2.67. The van der Waals surface area contributed by atoms with Gasteiger partial charge in [-0.05, 0) is 25.1 Å². The fourth-order valence-electron chi connectivity index (χ4n) is 1.75. The molecule has 0 amide bonds. The maximum atomic E-state index is 11.8. The van der Waals surface area contributed by atoms with Crippen molar-refractivity contribution in [1.29, 1.82) is 0 Å². The summed E-state index contributed by atoms with van der Waals surface area (Å²) < 4.78 is 16.8. The van der Waals surface area contributed by atoms with Crippen LogP contribution in [0.3, 0.4) is 0 Å². The predicted octanol–water partition coefficient (Wildman–Crippen LogP) is 4.70. The van der Waals surface area contributed by atoms with Gasteiger partial charge in [-0.25, -0.2) is 9.78 Å². The van der Waals surface area contributed by atoms with Crippen LogP contribution in [0, 0.1) is 0 Å². The molecule has 0 fully saturated rings. The first-order valence-corrected chi connectivity index (χ1v) is 11.3. The molecule has 1 aromatic rings. The van der Waals surface area contributed by atoms with Gasteiger partial charge in [0.15, 0.2) is 8.32 Å². The summed E-state index contributed by atoms with van der Waals surface area (Å²) in [4.78, 5) is 15.7. The summed E-state index contributed by atoms with van der Waals surface area (Å²) in [5, 5.41) is 0.440. The minimum atomic E-state index is -1.77. The molecule has 24 heavy (non-hydrogen) atoms. The van der Waals surface area contributed by atoms with Gasteiger partial charge in [-0.3, -0.25) is 0 Å². The van der Waals surface area contributed by atoms with Gasteiger partial charge >= 0.3 is 5.97 Å². The van der Waals surface area contributed by atoms with Crippen molar-refractivity contribution in [3.8, 4) is 5.75 Å². The number of nitrogens with zero attached hydrogens (tertiary/aromatic N) is 1. The van der Waals surface area contributed by atoms with Crippen molar-refractivity contribution >= 4 is 25.9 Å². The zero-order valence-electron chi connectivity index (χ0n) is 15.6. The number of methoxy groups -OCH3 is 1. The van der Waals surface area contributed by atoms with Crippen LogP contribution in [0.15, 0.2) is 12.3 Å². The molecule has 136 valence electrons. The summed E-state index contributed by atoms with van der Waals surface area (Å²) in [5.74, 6) is -0.124. The summed E-state index contributed by atoms with van der Waals surface area (Å²) in [5.41, 5.74) is 0.263. The van der Waals surface area contributed by atoms with Crippen molar-refractivity contribution in [2.45, 2.75) is 58.4 Å². The van der Waals surface area contributed by atoms with E-state index in [-0.39, 0.29) is 21.9 Å². The van der Waals surface area contributed by atoms with Crippen LogP contribution in [0.25, 0.3) is 0 Å². The monoisotopic (exact) mass is 373 g/mol. The lowest BCUT2D eigenvalue weighted by molar-refractivity contribution is 0.0592. The molecule has 0 radical (unpaired) electrons. The van der Waals surface area contributed by atoms with E-state index in [1.54, 1.807) is 0 Å². The quantitative estimate of drug-likeness (QED) is 0.394. The number of aromatic nitrogens is 1. The number of carbonyl (C=O) groups is 1. The third-order valence-electron chi connectivity index (χ3n) is 4.36. The third-order valence-corrected chi connectivity index (χ3v) is 9.10. The van der Waals surface area contributed by atoms with Gasteiger partial charge in [-0.15, -0.1) is 0 Å². The van der Waals surface area contributed by atoms with Gasteiger partial charge in [-0.2, -0.15) is 0 Å². The molecule has 7 heteroatoms. The fraction of sp³-hybridized carbons (Fsp3) is 0.647. The minimum absolute atomic E-state index is 0.128. The molecular weight excluding hydrogens is 346 g/mol. The number of carbonyl (C=O) groups excluding carboxylic acids is 1. The largest absolute Gasteiger partial charge is 0.490 e. The number of pyridine rings is 1. The normalized spacial score (nSPS) is 13.5. The van der Waals surface area contributed by atoms with Crippen molar-refractivity contribution in [1.82, 2.24) is 4.98 Å². The Labute approximate surface area is 150 Å². The van der Waals surface area contributed by atoms with Gasteiger partial charge < -0.3 is 13.9 Å². The molecule has 1 rings (SSSR count). The molecule has 0 aliphatic heterocycles. The fourth-order valence-corrected chi connectivity index (χ4v) is 2.96. The van der Waals surface area contributed by atoms with E-state index in [2.05, 4.69) is 38.8 Å². The molecule has 0 saturated carbocycles. The molecule has 1 heterocycles. The number of hydrogen-bond donors (Lipinski definition) is 0. The highest BCUT2D eigenvalue weighted by atomic mass is 35.5. The van der Waals surface area contributed by atoms with Crippen molar-refractivity contribution in [2.24, 2.45) is 0 Å². The Hall–Kier alpha value is -1.11. The van der Waals surface area contributed by atoms with Crippen molar-refractivity contribution < 1.29 is 18.7 Å². The summed E-state index contributed by atoms with van der Waals surface area (Å²) in [7, 11) is -0.451. The van der Waals surface area contributed by atoms with Gasteiger partial charge in [0.1, 0.15) is 16.5 Å². The van der Waals surface area contributed by atoms with E-state index in [4.69, 9.17) is 25.5 Å². The second kappa shape index (κ2) is 8.32. The van der Waals surface area contributed by atoms with E-state index in [1.165, 1.54) is 19.4 Å². The minimum Gasteiger partial charge on any atom is -0.490 e. The Kier molecular flexibility index (Phi) is 7.25. The number of ether oxygens (including phenoxy) is 2. The first-order chi connectivity index (χ1) is 11.0. The molecule has 0 unspecified atom stereocenters. The van der Waals surface area contributed by atoms with Crippen molar-refractivity contribution in [3.05, 3.63) is 23.0 Å². The molecule has 5 nitrogen and oxygen atoms in total. The zero-order valence-corrected chi connectivity index (χ0v) is 17.4. The topological polar surface area (TPSA) is 57.7 Å². The molecule has 0 N–H and O–H groups in total. The average molecular weight is 374 g/mol. The van der Waals surface area contributed by atoms with Gasteiger partial charge in [0.2, 0.25) is 0 Å². The zero-order chi connectivity index (χ0) is 18.5. The van der Waals surface area contributed by atoms with E-state index in [0.717, 1.165) is 0 Å². The highest BCUT2D eigenvalue weighted by Crippen LogP contribution is 2.36.